The minimum absolute atomic E-state index is 0.0497. The molecule has 0 spiro atoms. The van der Waals surface area contributed by atoms with Crippen LogP contribution in [-0.2, 0) is 9.53 Å². The summed E-state index contributed by atoms with van der Waals surface area (Å²) in [6.45, 7) is 4.81. The number of ether oxygens (including phenoxy) is 1. The molecular formula is C19H30O2. The lowest BCUT2D eigenvalue weighted by Crippen LogP contribution is -2.10. The molecule has 0 N–H and O–H groups in total. The number of unbranched alkanes of at least 4 members (excludes halogenated alkanes) is 6. The van der Waals surface area contributed by atoms with Gasteiger partial charge in [-0.15, -0.1) is 0 Å². The SMILES string of the molecule is CCCCCCCCCC(=O)OCC(C)c1ccccc1. The van der Waals surface area contributed by atoms with Gasteiger partial charge in [0.15, 0.2) is 0 Å². The molecule has 0 aliphatic heterocycles. The van der Waals surface area contributed by atoms with Crippen molar-refractivity contribution in [3.05, 3.63) is 35.9 Å². The van der Waals surface area contributed by atoms with Gasteiger partial charge >= 0.3 is 5.97 Å². The largest absolute Gasteiger partial charge is 0.465 e. The van der Waals surface area contributed by atoms with Gasteiger partial charge in [-0.1, -0.05) is 82.7 Å². The van der Waals surface area contributed by atoms with Gasteiger partial charge in [-0.25, -0.2) is 0 Å². The van der Waals surface area contributed by atoms with Crippen molar-refractivity contribution in [2.24, 2.45) is 0 Å². The molecule has 0 aliphatic rings. The van der Waals surface area contributed by atoms with E-state index < -0.39 is 0 Å². The third kappa shape index (κ3) is 8.54. The summed E-state index contributed by atoms with van der Waals surface area (Å²) in [5.41, 5.74) is 1.22. The first kappa shape index (κ1) is 17.7. The van der Waals surface area contributed by atoms with Crippen molar-refractivity contribution in [2.45, 2.75) is 71.1 Å². The quantitative estimate of drug-likeness (QED) is 0.399. The minimum atomic E-state index is -0.0497. The molecule has 21 heavy (non-hydrogen) atoms. The topological polar surface area (TPSA) is 26.3 Å². The fourth-order valence-electron chi connectivity index (χ4n) is 2.39. The molecule has 2 nitrogen and oxygen atoms in total. The maximum absolute atomic E-state index is 11.7. The zero-order valence-corrected chi connectivity index (χ0v) is 13.6. The Labute approximate surface area is 129 Å². The molecule has 0 fully saturated rings. The second kappa shape index (κ2) is 11.4. The van der Waals surface area contributed by atoms with Crippen molar-refractivity contribution >= 4 is 5.97 Å². The summed E-state index contributed by atoms with van der Waals surface area (Å²) in [6.07, 6.45) is 9.16. The van der Waals surface area contributed by atoms with Gasteiger partial charge < -0.3 is 4.74 Å². The summed E-state index contributed by atoms with van der Waals surface area (Å²) in [4.78, 5) is 11.7. The first-order valence-corrected chi connectivity index (χ1v) is 8.44. The number of benzene rings is 1. The Balaban J connectivity index is 2.03. The van der Waals surface area contributed by atoms with Crippen LogP contribution in [0.3, 0.4) is 0 Å². The number of rotatable bonds is 11. The van der Waals surface area contributed by atoms with Crippen LogP contribution in [-0.4, -0.2) is 12.6 Å². The fraction of sp³-hybridized carbons (Fsp3) is 0.632. The molecule has 1 unspecified atom stereocenters. The van der Waals surface area contributed by atoms with Crippen LogP contribution in [0.25, 0.3) is 0 Å². The van der Waals surface area contributed by atoms with E-state index in [9.17, 15) is 4.79 Å². The van der Waals surface area contributed by atoms with Crippen LogP contribution in [0.1, 0.15) is 76.7 Å². The first-order chi connectivity index (χ1) is 10.2. The summed E-state index contributed by atoms with van der Waals surface area (Å²) in [6, 6.07) is 10.2. The lowest BCUT2D eigenvalue weighted by Gasteiger charge is -2.12. The third-order valence-electron chi connectivity index (χ3n) is 3.85. The third-order valence-corrected chi connectivity index (χ3v) is 3.85. The average molecular weight is 290 g/mol. The highest BCUT2D eigenvalue weighted by Gasteiger charge is 2.08. The molecular weight excluding hydrogens is 260 g/mol. The van der Waals surface area contributed by atoms with E-state index >= 15 is 0 Å². The molecule has 1 rings (SSSR count). The molecule has 1 aromatic carbocycles. The van der Waals surface area contributed by atoms with Crippen molar-refractivity contribution in [1.29, 1.82) is 0 Å². The maximum Gasteiger partial charge on any atom is 0.305 e. The molecule has 0 aliphatic carbocycles. The van der Waals surface area contributed by atoms with Crippen LogP contribution in [0.15, 0.2) is 30.3 Å². The van der Waals surface area contributed by atoms with Gasteiger partial charge in [-0.3, -0.25) is 4.79 Å². The van der Waals surface area contributed by atoms with Gasteiger partial charge in [-0.2, -0.15) is 0 Å². The Morgan fingerprint density at radius 1 is 1.00 bits per heavy atom. The molecule has 0 bridgehead atoms. The van der Waals surface area contributed by atoms with E-state index in [1.807, 2.05) is 18.2 Å². The molecule has 0 radical (unpaired) electrons. The summed E-state index contributed by atoms with van der Waals surface area (Å²) in [7, 11) is 0. The number of esters is 1. The Bertz CT molecular complexity index is 372. The summed E-state index contributed by atoms with van der Waals surface area (Å²) >= 11 is 0. The lowest BCUT2D eigenvalue weighted by atomic mass is 10.0. The van der Waals surface area contributed by atoms with E-state index in [1.165, 1.54) is 37.7 Å². The van der Waals surface area contributed by atoms with Crippen LogP contribution < -0.4 is 0 Å². The maximum atomic E-state index is 11.7. The second-order valence-electron chi connectivity index (χ2n) is 5.87. The van der Waals surface area contributed by atoms with Gasteiger partial charge in [-0.05, 0) is 12.0 Å². The zero-order chi connectivity index (χ0) is 15.3. The normalized spacial score (nSPS) is 12.1. The molecule has 0 saturated carbocycles. The molecule has 0 saturated heterocycles. The van der Waals surface area contributed by atoms with Gasteiger partial charge in [0.05, 0.1) is 6.61 Å². The van der Waals surface area contributed by atoms with Crippen molar-refractivity contribution in [3.8, 4) is 0 Å². The number of carbonyl (C=O) groups excluding carboxylic acids is 1. The Hall–Kier alpha value is -1.31. The number of carbonyl (C=O) groups is 1. The first-order valence-electron chi connectivity index (χ1n) is 8.44. The van der Waals surface area contributed by atoms with E-state index in [-0.39, 0.29) is 11.9 Å². The average Bonchev–Trinajstić information content (AvgIpc) is 2.52. The molecule has 1 atom stereocenters. The summed E-state index contributed by atoms with van der Waals surface area (Å²) in [5.74, 6) is 0.218. The van der Waals surface area contributed by atoms with Crippen LogP contribution in [0.5, 0.6) is 0 Å². The van der Waals surface area contributed by atoms with Crippen LogP contribution >= 0.6 is 0 Å². The predicted octanol–water partition coefficient (Wildman–Crippen LogP) is 5.47. The molecule has 118 valence electrons. The van der Waals surface area contributed by atoms with Gasteiger partial charge in [0.1, 0.15) is 0 Å². The van der Waals surface area contributed by atoms with Crippen LogP contribution in [0.2, 0.25) is 0 Å². The van der Waals surface area contributed by atoms with Gasteiger partial charge in [0, 0.05) is 12.3 Å². The monoisotopic (exact) mass is 290 g/mol. The Morgan fingerprint density at radius 2 is 1.62 bits per heavy atom. The molecule has 2 heteroatoms. The van der Waals surface area contributed by atoms with Gasteiger partial charge in [0.2, 0.25) is 0 Å². The number of hydrogen-bond donors (Lipinski definition) is 0. The smallest absolute Gasteiger partial charge is 0.305 e. The molecule has 1 aromatic rings. The molecule has 0 heterocycles. The van der Waals surface area contributed by atoms with Crippen molar-refractivity contribution in [3.63, 3.8) is 0 Å². The van der Waals surface area contributed by atoms with E-state index in [4.69, 9.17) is 4.74 Å². The van der Waals surface area contributed by atoms with Crippen molar-refractivity contribution in [1.82, 2.24) is 0 Å². The minimum Gasteiger partial charge on any atom is -0.465 e. The zero-order valence-electron chi connectivity index (χ0n) is 13.6. The van der Waals surface area contributed by atoms with Crippen molar-refractivity contribution in [2.75, 3.05) is 6.61 Å². The fourth-order valence-corrected chi connectivity index (χ4v) is 2.39. The van der Waals surface area contributed by atoms with E-state index in [0.29, 0.717) is 13.0 Å². The van der Waals surface area contributed by atoms with E-state index in [0.717, 1.165) is 12.8 Å². The Morgan fingerprint density at radius 3 is 2.29 bits per heavy atom. The summed E-state index contributed by atoms with van der Waals surface area (Å²) < 4.78 is 5.36. The van der Waals surface area contributed by atoms with Crippen LogP contribution in [0.4, 0.5) is 0 Å². The summed E-state index contributed by atoms with van der Waals surface area (Å²) in [5, 5.41) is 0. The molecule has 0 aromatic heterocycles. The van der Waals surface area contributed by atoms with Crippen LogP contribution in [0, 0.1) is 0 Å². The standard InChI is InChI=1S/C19H30O2/c1-3-4-5-6-7-8-12-15-19(20)21-16-17(2)18-13-10-9-11-14-18/h9-11,13-14,17H,3-8,12,15-16H2,1-2H3. The Kier molecular flexibility index (Phi) is 9.60. The van der Waals surface area contributed by atoms with E-state index in [2.05, 4.69) is 26.0 Å². The second-order valence-corrected chi connectivity index (χ2v) is 5.87. The van der Waals surface area contributed by atoms with Gasteiger partial charge in [0.25, 0.3) is 0 Å². The number of hydrogen-bond acceptors (Lipinski definition) is 2. The highest BCUT2D eigenvalue weighted by molar-refractivity contribution is 5.69. The molecule has 0 amide bonds. The highest BCUT2D eigenvalue weighted by atomic mass is 16.5. The predicted molar refractivity (Wildman–Crippen MR) is 88.4 cm³/mol. The lowest BCUT2D eigenvalue weighted by molar-refractivity contribution is -0.144. The van der Waals surface area contributed by atoms with E-state index in [1.54, 1.807) is 0 Å². The van der Waals surface area contributed by atoms with Crippen molar-refractivity contribution < 1.29 is 9.53 Å². The highest BCUT2D eigenvalue weighted by Crippen LogP contribution is 2.15.